The van der Waals surface area contributed by atoms with Crippen molar-refractivity contribution in [1.82, 2.24) is 40.2 Å². The van der Waals surface area contributed by atoms with Crippen LogP contribution in [0.3, 0.4) is 0 Å². The van der Waals surface area contributed by atoms with Crippen LogP contribution < -0.4 is 5.32 Å². The summed E-state index contributed by atoms with van der Waals surface area (Å²) >= 11 is 0. The lowest BCUT2D eigenvalue weighted by Crippen LogP contribution is -2.36. The first-order valence-corrected chi connectivity index (χ1v) is 26.0. The first-order chi connectivity index (χ1) is 36.5. The lowest BCUT2D eigenvalue weighted by Gasteiger charge is -2.30. The second kappa shape index (κ2) is 25.9. The summed E-state index contributed by atoms with van der Waals surface area (Å²) in [4.78, 5) is 49.8. The highest BCUT2D eigenvalue weighted by atomic mass is 16.5. The molecule has 15 nitrogen and oxygen atoms in total. The van der Waals surface area contributed by atoms with Crippen molar-refractivity contribution in [3.05, 3.63) is 186 Å². The smallest absolute Gasteiger partial charge is 0.335 e. The van der Waals surface area contributed by atoms with E-state index in [-0.39, 0.29) is 45.0 Å². The molecule has 8 aromatic rings. The number of carbonyl (C=O) groups excluding carboxylic acids is 2. The molecular formula is C63H76N8O7. The maximum absolute atomic E-state index is 13.3. The van der Waals surface area contributed by atoms with E-state index in [0.717, 1.165) is 117 Å². The zero-order chi connectivity index (χ0) is 54.4. The van der Waals surface area contributed by atoms with Crippen molar-refractivity contribution in [2.24, 2.45) is 0 Å². The minimum Gasteiger partial charge on any atom is -0.481 e. The van der Waals surface area contributed by atoms with E-state index in [1.165, 1.54) is 29.4 Å². The molecule has 2 aliphatic rings. The summed E-state index contributed by atoms with van der Waals surface area (Å²) < 4.78 is 8.74. The van der Waals surface area contributed by atoms with Crippen molar-refractivity contribution < 1.29 is 34.1 Å². The summed E-state index contributed by atoms with van der Waals surface area (Å²) in [5, 5.41) is 39.1. The number of aliphatic carboxylic acids is 1. The van der Waals surface area contributed by atoms with E-state index in [1.807, 2.05) is 98.3 Å². The van der Waals surface area contributed by atoms with Gasteiger partial charge in [-0.05, 0) is 189 Å². The minimum absolute atomic E-state index is 0. The van der Waals surface area contributed by atoms with E-state index in [0.29, 0.717) is 30.6 Å². The first kappa shape index (κ1) is 59.2. The topological polar surface area (TPSA) is 195 Å². The normalized spacial score (nSPS) is 13.3. The number of carbonyl (C=O) groups is 4. The average Bonchev–Trinajstić information content (AvgIpc) is 4.21. The number of nitrogens with zero attached hydrogens (tertiary/aromatic N) is 7. The molecule has 78 heavy (non-hydrogen) atoms. The van der Waals surface area contributed by atoms with Gasteiger partial charge >= 0.3 is 17.9 Å². The molecule has 0 fully saturated rings. The molecule has 0 spiro atoms. The van der Waals surface area contributed by atoms with Crippen LogP contribution in [0.4, 0.5) is 0 Å². The van der Waals surface area contributed by atoms with E-state index >= 15 is 0 Å². The number of ether oxygens (including phenoxy) is 1. The summed E-state index contributed by atoms with van der Waals surface area (Å²) in [6.45, 7) is 20.6. The number of nitrogens with one attached hydrogen (secondary N) is 1. The fraction of sp³-hybridized carbons (Fsp3) is 0.365. The summed E-state index contributed by atoms with van der Waals surface area (Å²) in [7, 11) is 1.44. The SMILES string of the molecule is C.C.CCn1nnc2c(C)c(C(CC(=O)O)c3ccc4c(c3)CN(C(=O)c3ccc(C)c(C)c3)CC4)ccc21.CCn1nnc2c(C)c(C(CC(=O)OC)c3ccc4c(c3)CNCC4)ccc21.Cc1ccc(C(=O)O)cc1C. The monoisotopic (exact) mass is 1060 g/mol. The predicted octanol–water partition coefficient (Wildman–Crippen LogP) is 11.6. The highest BCUT2D eigenvalue weighted by Gasteiger charge is 2.28. The van der Waals surface area contributed by atoms with Gasteiger partial charge in [-0.15, -0.1) is 10.2 Å². The van der Waals surface area contributed by atoms with Crippen LogP contribution >= 0.6 is 0 Å². The zero-order valence-electron chi connectivity index (χ0n) is 45.0. The Hall–Kier alpha value is -8.04. The molecule has 0 saturated heterocycles. The van der Waals surface area contributed by atoms with Gasteiger partial charge in [-0.25, -0.2) is 14.2 Å². The van der Waals surface area contributed by atoms with E-state index in [1.54, 1.807) is 12.1 Å². The van der Waals surface area contributed by atoms with Crippen LogP contribution in [0.5, 0.6) is 0 Å². The Kier molecular flexibility index (Phi) is 19.6. The number of esters is 1. The summed E-state index contributed by atoms with van der Waals surface area (Å²) in [6, 6.07) is 32.0. The number of methoxy groups -OCH3 is 1. The number of aryl methyl sites for hydroxylation is 8. The van der Waals surface area contributed by atoms with Gasteiger partial charge in [0.05, 0.1) is 36.5 Å². The van der Waals surface area contributed by atoms with Crippen molar-refractivity contribution in [2.75, 3.05) is 20.2 Å². The molecule has 2 unspecified atom stereocenters. The Bertz CT molecular complexity index is 3490. The Labute approximate surface area is 458 Å². The lowest BCUT2D eigenvalue weighted by atomic mass is 9.83. The fourth-order valence-electron chi connectivity index (χ4n) is 10.4. The van der Waals surface area contributed by atoms with Gasteiger partial charge < -0.3 is 25.2 Å². The largest absolute Gasteiger partial charge is 0.481 e. The number of rotatable bonds is 12. The van der Waals surface area contributed by atoms with Crippen LogP contribution in [0, 0.1) is 41.5 Å². The number of hydrogen-bond acceptors (Lipinski definition) is 10. The molecule has 3 N–H and O–H groups in total. The van der Waals surface area contributed by atoms with Gasteiger partial charge in [0.25, 0.3) is 5.91 Å². The van der Waals surface area contributed by atoms with Gasteiger partial charge in [-0.1, -0.05) is 85.9 Å². The van der Waals surface area contributed by atoms with Crippen LogP contribution in [-0.4, -0.2) is 89.1 Å². The summed E-state index contributed by atoms with van der Waals surface area (Å²) in [5.74, 6) is -2.31. The van der Waals surface area contributed by atoms with Crippen molar-refractivity contribution >= 4 is 45.9 Å². The van der Waals surface area contributed by atoms with Crippen molar-refractivity contribution in [3.63, 3.8) is 0 Å². The second-order valence-electron chi connectivity index (χ2n) is 20.0. The van der Waals surface area contributed by atoms with Crippen LogP contribution in [0.15, 0.2) is 97.1 Å². The van der Waals surface area contributed by atoms with E-state index in [9.17, 15) is 24.3 Å². The van der Waals surface area contributed by atoms with Gasteiger partial charge in [-0.2, -0.15) is 0 Å². The molecule has 0 radical (unpaired) electrons. The van der Waals surface area contributed by atoms with E-state index in [4.69, 9.17) is 9.84 Å². The molecule has 6 aromatic carbocycles. The number of amides is 1. The minimum atomic E-state index is -0.867. The third-order valence-corrected chi connectivity index (χ3v) is 15.3. The first-order valence-electron chi connectivity index (χ1n) is 26.0. The molecule has 15 heteroatoms. The van der Waals surface area contributed by atoms with Crippen LogP contribution in [-0.2, 0) is 53.3 Å². The number of carboxylic acid groups (broad SMARTS) is 2. The highest BCUT2D eigenvalue weighted by Crippen LogP contribution is 2.37. The molecular weight excluding hydrogens is 981 g/mol. The van der Waals surface area contributed by atoms with Gasteiger partial charge in [0.15, 0.2) is 0 Å². The van der Waals surface area contributed by atoms with E-state index in [2.05, 4.69) is 82.3 Å². The number of aromatic nitrogens is 6. The Morgan fingerprint density at radius 1 is 0.603 bits per heavy atom. The number of fused-ring (bicyclic) bond motifs is 4. The fourth-order valence-corrected chi connectivity index (χ4v) is 10.4. The lowest BCUT2D eigenvalue weighted by molar-refractivity contribution is -0.141. The average molecular weight is 1060 g/mol. The standard InChI is InChI=1S/C30H32N4O3.C22H26N4O2.C9H10O2.2CH4/c1-5-34-27-11-10-25(20(4)29(27)31-32-34)26(16-28(35)36)22-9-8-21-12-13-33(17-24(21)15-22)30(37)23-7-6-18(2)19(3)14-23;1-4-26-20-8-7-18(14(2)22(20)24-25-26)19(12-21(27)28-3)16-6-5-15-9-10-23-13-17(15)11-16;1-6-3-4-8(9(10)11)5-7(6)2;;/h6-11,14-15,26H,5,12-13,16-17H2,1-4H3,(H,35,36);5-8,11,19,23H,4,9-10,12-13H2,1-3H3;3-5H,1-2H3,(H,10,11);2*1H4. The molecule has 2 aromatic heterocycles. The van der Waals surface area contributed by atoms with Gasteiger partial charge in [0.1, 0.15) is 11.0 Å². The van der Waals surface area contributed by atoms with Crippen molar-refractivity contribution in [2.45, 2.75) is 134 Å². The molecule has 4 heterocycles. The maximum Gasteiger partial charge on any atom is 0.335 e. The Balaban J connectivity index is 0.000000212. The molecule has 10 rings (SSSR count). The third kappa shape index (κ3) is 12.9. The summed E-state index contributed by atoms with van der Waals surface area (Å²) in [6.07, 6.45) is 2.10. The molecule has 0 bridgehead atoms. The number of aromatic carboxylic acids is 1. The quantitative estimate of drug-likeness (QED) is 0.0982. The van der Waals surface area contributed by atoms with Crippen molar-refractivity contribution in [3.8, 4) is 0 Å². The Morgan fingerprint density at radius 3 is 1.63 bits per heavy atom. The molecule has 410 valence electrons. The maximum atomic E-state index is 13.3. The molecule has 0 aliphatic carbocycles. The van der Waals surface area contributed by atoms with Gasteiger partial charge in [0, 0.05) is 50.1 Å². The third-order valence-electron chi connectivity index (χ3n) is 15.3. The Morgan fingerprint density at radius 2 is 1.12 bits per heavy atom. The van der Waals surface area contributed by atoms with Crippen LogP contribution in [0.2, 0.25) is 0 Å². The summed E-state index contributed by atoms with van der Waals surface area (Å²) in [5.41, 5.74) is 20.3. The predicted molar refractivity (Wildman–Crippen MR) is 307 cm³/mol. The molecule has 0 saturated carbocycles. The molecule has 2 aliphatic heterocycles. The number of benzene rings is 6. The van der Waals surface area contributed by atoms with Gasteiger partial charge in [-0.3, -0.25) is 14.4 Å². The highest BCUT2D eigenvalue weighted by molar-refractivity contribution is 5.94. The van der Waals surface area contributed by atoms with Crippen molar-refractivity contribution in [1.29, 1.82) is 0 Å². The van der Waals surface area contributed by atoms with Crippen LogP contribution in [0.25, 0.3) is 22.1 Å². The molecule has 1 amide bonds. The molecule has 2 atom stereocenters. The number of hydrogen-bond donors (Lipinski definition) is 3. The second-order valence-corrected chi connectivity index (χ2v) is 20.0. The number of carboxylic acids is 2. The van der Waals surface area contributed by atoms with E-state index < -0.39 is 11.9 Å². The zero-order valence-corrected chi connectivity index (χ0v) is 45.0. The van der Waals surface area contributed by atoms with Gasteiger partial charge in [0.2, 0.25) is 0 Å². The van der Waals surface area contributed by atoms with Crippen LogP contribution in [0.1, 0.15) is 152 Å².